The van der Waals surface area contributed by atoms with Crippen molar-refractivity contribution in [3.8, 4) is 0 Å². The van der Waals surface area contributed by atoms with Gasteiger partial charge in [0.15, 0.2) is 0 Å². The van der Waals surface area contributed by atoms with Crippen LogP contribution in [0.15, 0.2) is 72.8 Å². The van der Waals surface area contributed by atoms with Crippen molar-refractivity contribution in [3.05, 3.63) is 106 Å². The molecule has 0 saturated carbocycles. The van der Waals surface area contributed by atoms with Gasteiger partial charge in [-0.1, -0.05) is 89.5 Å². The topological polar surface area (TPSA) is 66.8 Å². The maximum absolute atomic E-state index is 12.0. The smallest absolute Gasteiger partial charge is 0.303 e. The Morgan fingerprint density at radius 1 is 0.724 bits per heavy atom. The summed E-state index contributed by atoms with van der Waals surface area (Å²) in [7, 11) is -4.78. The SMILES string of the molecule is Cc1ccc(C(c2ccc(C)cc2)C(C)(OP(=O)(O)O)c2ccc(C)cc2)cc1. The Kier molecular flexibility index (Phi) is 6.11. The van der Waals surface area contributed by atoms with E-state index in [1.54, 1.807) is 6.92 Å². The number of rotatable bonds is 6. The van der Waals surface area contributed by atoms with Gasteiger partial charge in [-0.05, 0) is 44.4 Å². The van der Waals surface area contributed by atoms with Crippen LogP contribution < -0.4 is 0 Å². The predicted molar refractivity (Wildman–Crippen MR) is 116 cm³/mol. The van der Waals surface area contributed by atoms with E-state index in [9.17, 15) is 14.4 Å². The molecule has 0 fully saturated rings. The predicted octanol–water partition coefficient (Wildman–Crippen LogP) is 5.77. The molecule has 3 aromatic carbocycles. The zero-order valence-electron chi connectivity index (χ0n) is 17.2. The minimum absolute atomic E-state index is 0.418. The Hall–Kier alpha value is -2.23. The second-order valence-electron chi connectivity index (χ2n) is 7.81. The first-order valence-corrected chi connectivity index (χ1v) is 11.1. The lowest BCUT2D eigenvalue weighted by Crippen LogP contribution is -2.33. The molecule has 0 aliphatic carbocycles. The second kappa shape index (κ2) is 8.25. The number of hydrogen-bond donors (Lipinski definition) is 2. The van der Waals surface area contributed by atoms with E-state index in [0.29, 0.717) is 5.56 Å². The first-order valence-electron chi connectivity index (χ1n) is 9.55. The van der Waals surface area contributed by atoms with E-state index >= 15 is 0 Å². The summed E-state index contributed by atoms with van der Waals surface area (Å²) in [6.07, 6.45) is 0. The molecule has 3 aromatic rings. The lowest BCUT2D eigenvalue weighted by atomic mass is 9.74. The standard InChI is InChI=1S/C24H27O4P/c1-17-5-11-20(12-6-17)23(21-13-7-18(2)8-14-21)24(4,28-29(25,26)27)22-15-9-19(3)10-16-22/h5-16,23H,1-4H3,(H2,25,26,27). The highest BCUT2D eigenvalue weighted by Crippen LogP contribution is 2.53. The highest BCUT2D eigenvalue weighted by molar-refractivity contribution is 7.46. The van der Waals surface area contributed by atoms with Crippen molar-refractivity contribution in [2.24, 2.45) is 0 Å². The van der Waals surface area contributed by atoms with Gasteiger partial charge < -0.3 is 9.79 Å². The summed E-state index contributed by atoms with van der Waals surface area (Å²) in [5.41, 5.74) is 4.57. The molecule has 1 atom stereocenters. The fraction of sp³-hybridized carbons (Fsp3) is 0.250. The lowest BCUT2D eigenvalue weighted by Gasteiger charge is -2.39. The third-order valence-electron chi connectivity index (χ3n) is 5.31. The fourth-order valence-corrected chi connectivity index (χ4v) is 4.45. The summed E-state index contributed by atoms with van der Waals surface area (Å²) in [5, 5.41) is 0. The highest BCUT2D eigenvalue weighted by atomic mass is 31.2. The van der Waals surface area contributed by atoms with Gasteiger partial charge in [0.25, 0.3) is 0 Å². The molecule has 0 radical (unpaired) electrons. The van der Waals surface area contributed by atoms with Gasteiger partial charge in [-0.15, -0.1) is 0 Å². The molecule has 0 heterocycles. The van der Waals surface area contributed by atoms with Crippen LogP contribution >= 0.6 is 7.82 Å². The van der Waals surface area contributed by atoms with Crippen molar-refractivity contribution >= 4 is 7.82 Å². The molecule has 0 amide bonds. The Morgan fingerprint density at radius 2 is 1.07 bits per heavy atom. The normalized spacial score (nSPS) is 14.0. The maximum Gasteiger partial charge on any atom is 0.470 e. The number of hydrogen-bond acceptors (Lipinski definition) is 2. The molecule has 1 unspecified atom stereocenters. The van der Waals surface area contributed by atoms with E-state index in [1.165, 1.54) is 0 Å². The van der Waals surface area contributed by atoms with Crippen LogP contribution in [0.3, 0.4) is 0 Å². The van der Waals surface area contributed by atoms with Crippen LogP contribution in [-0.4, -0.2) is 9.79 Å². The van der Waals surface area contributed by atoms with E-state index in [0.717, 1.165) is 27.8 Å². The van der Waals surface area contributed by atoms with Gasteiger partial charge in [-0.25, -0.2) is 4.57 Å². The Labute approximate surface area is 172 Å². The second-order valence-corrected chi connectivity index (χ2v) is 8.97. The van der Waals surface area contributed by atoms with E-state index in [4.69, 9.17) is 4.52 Å². The van der Waals surface area contributed by atoms with Gasteiger partial charge in [0.2, 0.25) is 0 Å². The zero-order chi connectivity index (χ0) is 21.2. The molecule has 29 heavy (non-hydrogen) atoms. The molecule has 3 rings (SSSR count). The van der Waals surface area contributed by atoms with Gasteiger partial charge in [0, 0.05) is 5.92 Å². The summed E-state index contributed by atoms with van der Waals surface area (Å²) in [6, 6.07) is 23.6. The molecule has 0 bridgehead atoms. The van der Waals surface area contributed by atoms with Gasteiger partial charge in [0.1, 0.15) is 5.60 Å². The average molecular weight is 410 g/mol. The van der Waals surface area contributed by atoms with Crippen LogP contribution in [0.2, 0.25) is 0 Å². The molecule has 0 saturated heterocycles. The van der Waals surface area contributed by atoms with Gasteiger partial charge in [-0.2, -0.15) is 0 Å². The molecule has 5 heteroatoms. The Bertz CT molecular complexity index is 959. The Morgan fingerprint density at radius 3 is 1.41 bits per heavy atom. The van der Waals surface area contributed by atoms with Gasteiger partial charge in [0.05, 0.1) is 0 Å². The number of phosphoric acid groups is 1. The van der Waals surface area contributed by atoms with E-state index in [2.05, 4.69) is 0 Å². The molecule has 0 aromatic heterocycles. The van der Waals surface area contributed by atoms with Crippen molar-refractivity contribution in [1.82, 2.24) is 0 Å². The number of phosphoric ester groups is 1. The molecular weight excluding hydrogens is 383 g/mol. The molecule has 0 aliphatic rings. The third kappa shape index (κ3) is 5.04. The Balaban J connectivity index is 2.26. The zero-order valence-corrected chi connectivity index (χ0v) is 18.1. The summed E-state index contributed by atoms with van der Waals surface area (Å²) in [6.45, 7) is 7.75. The van der Waals surface area contributed by atoms with Gasteiger partial charge in [-0.3, -0.25) is 4.52 Å². The number of benzene rings is 3. The van der Waals surface area contributed by atoms with Crippen molar-refractivity contribution < 1.29 is 18.9 Å². The lowest BCUT2D eigenvalue weighted by molar-refractivity contribution is 0.0321. The minimum atomic E-state index is -4.78. The highest BCUT2D eigenvalue weighted by Gasteiger charge is 2.44. The van der Waals surface area contributed by atoms with Crippen LogP contribution in [0.4, 0.5) is 0 Å². The molecular formula is C24H27O4P. The number of aryl methyl sites for hydroxylation is 3. The molecule has 0 aliphatic heterocycles. The van der Waals surface area contributed by atoms with Crippen molar-refractivity contribution in [3.63, 3.8) is 0 Å². The van der Waals surface area contributed by atoms with Crippen molar-refractivity contribution in [2.45, 2.75) is 39.2 Å². The quantitative estimate of drug-likeness (QED) is 0.507. The maximum atomic E-state index is 12.0. The summed E-state index contributed by atoms with van der Waals surface area (Å²) in [4.78, 5) is 19.6. The third-order valence-corrected chi connectivity index (χ3v) is 5.92. The average Bonchev–Trinajstić information content (AvgIpc) is 2.64. The van der Waals surface area contributed by atoms with E-state index in [1.807, 2.05) is 93.6 Å². The van der Waals surface area contributed by atoms with E-state index < -0.39 is 19.3 Å². The van der Waals surface area contributed by atoms with Crippen LogP contribution in [0.1, 0.15) is 46.2 Å². The monoisotopic (exact) mass is 410 g/mol. The van der Waals surface area contributed by atoms with Crippen molar-refractivity contribution in [2.75, 3.05) is 0 Å². The van der Waals surface area contributed by atoms with Crippen LogP contribution in [0.5, 0.6) is 0 Å². The fourth-order valence-electron chi connectivity index (χ4n) is 3.75. The summed E-state index contributed by atoms with van der Waals surface area (Å²) < 4.78 is 17.6. The first-order chi connectivity index (χ1) is 13.6. The van der Waals surface area contributed by atoms with Crippen molar-refractivity contribution in [1.29, 1.82) is 0 Å². The largest absolute Gasteiger partial charge is 0.470 e. The van der Waals surface area contributed by atoms with E-state index in [-0.39, 0.29) is 0 Å². The first kappa shape index (κ1) is 21.5. The summed E-state index contributed by atoms with van der Waals surface area (Å²) in [5.74, 6) is -0.418. The van der Waals surface area contributed by atoms with Gasteiger partial charge >= 0.3 is 7.82 Å². The van der Waals surface area contributed by atoms with Crippen LogP contribution in [0.25, 0.3) is 0 Å². The minimum Gasteiger partial charge on any atom is -0.303 e. The van der Waals surface area contributed by atoms with Crippen LogP contribution in [0, 0.1) is 20.8 Å². The van der Waals surface area contributed by atoms with Crippen LogP contribution in [-0.2, 0) is 14.7 Å². The molecule has 4 nitrogen and oxygen atoms in total. The molecule has 2 N–H and O–H groups in total. The molecule has 0 spiro atoms. The summed E-state index contributed by atoms with van der Waals surface area (Å²) >= 11 is 0. The molecule has 152 valence electrons.